The van der Waals surface area contributed by atoms with Crippen molar-refractivity contribution in [3.63, 3.8) is 0 Å². The van der Waals surface area contributed by atoms with Crippen molar-refractivity contribution in [1.82, 2.24) is 9.80 Å². The number of amides is 2. The number of anilines is 1. The van der Waals surface area contributed by atoms with E-state index in [9.17, 15) is 19.7 Å². The molecule has 1 aliphatic heterocycles. The number of nitro benzene ring substituents is 1. The first-order chi connectivity index (χ1) is 14.7. The lowest BCUT2D eigenvalue weighted by Crippen LogP contribution is -2.54. The fourth-order valence-electron chi connectivity index (χ4n) is 3.59. The van der Waals surface area contributed by atoms with Crippen molar-refractivity contribution in [3.05, 3.63) is 69.2 Å². The third-order valence-corrected chi connectivity index (χ3v) is 5.81. The molecule has 0 radical (unpaired) electrons. The molecule has 0 aromatic heterocycles. The van der Waals surface area contributed by atoms with Gasteiger partial charge in [0.25, 0.3) is 5.69 Å². The van der Waals surface area contributed by atoms with E-state index in [0.717, 1.165) is 5.56 Å². The third-order valence-electron chi connectivity index (χ3n) is 5.49. The number of nitrogens with zero attached hydrogens (tertiary/aromatic N) is 3. The largest absolute Gasteiger partial charge is 0.339 e. The molecule has 1 aliphatic rings. The van der Waals surface area contributed by atoms with Gasteiger partial charge in [0, 0.05) is 38.3 Å². The monoisotopic (exact) mass is 444 g/mol. The van der Waals surface area contributed by atoms with Crippen molar-refractivity contribution in [2.45, 2.75) is 19.3 Å². The van der Waals surface area contributed by atoms with Crippen molar-refractivity contribution in [2.75, 3.05) is 38.0 Å². The average molecular weight is 445 g/mol. The van der Waals surface area contributed by atoms with Crippen LogP contribution >= 0.6 is 11.6 Å². The van der Waals surface area contributed by atoms with Gasteiger partial charge in [0.05, 0.1) is 27.6 Å². The molecule has 3 rings (SSSR count). The zero-order valence-corrected chi connectivity index (χ0v) is 18.3. The minimum Gasteiger partial charge on any atom is -0.339 e. The third kappa shape index (κ3) is 5.39. The number of piperazine rings is 1. The van der Waals surface area contributed by atoms with Gasteiger partial charge in [-0.05, 0) is 25.5 Å². The summed E-state index contributed by atoms with van der Waals surface area (Å²) in [5.41, 5.74) is 0.549. The maximum Gasteiger partial charge on any atom is 0.271 e. The maximum absolute atomic E-state index is 13.1. The molecule has 0 aliphatic carbocycles. The number of carbonyl (C=O) groups excluding carboxylic acids is 2. The number of rotatable bonds is 6. The second kappa shape index (κ2) is 9.45. The van der Waals surface area contributed by atoms with E-state index < -0.39 is 10.3 Å². The van der Waals surface area contributed by atoms with Crippen LogP contribution in [0.4, 0.5) is 11.4 Å². The van der Waals surface area contributed by atoms with Crippen LogP contribution in [-0.2, 0) is 15.0 Å². The van der Waals surface area contributed by atoms with Crippen molar-refractivity contribution in [2.24, 2.45) is 0 Å². The Hall–Kier alpha value is -2.97. The van der Waals surface area contributed by atoms with Crippen LogP contribution in [0.1, 0.15) is 19.4 Å². The van der Waals surface area contributed by atoms with Crippen molar-refractivity contribution in [3.8, 4) is 0 Å². The lowest BCUT2D eigenvalue weighted by atomic mass is 9.83. The summed E-state index contributed by atoms with van der Waals surface area (Å²) in [6.45, 7) is 6.26. The fourth-order valence-corrected chi connectivity index (χ4v) is 3.82. The van der Waals surface area contributed by atoms with Gasteiger partial charge >= 0.3 is 0 Å². The molecule has 2 aromatic carbocycles. The lowest BCUT2D eigenvalue weighted by Gasteiger charge is -2.38. The van der Waals surface area contributed by atoms with E-state index in [-0.39, 0.29) is 29.1 Å². The molecule has 1 saturated heterocycles. The van der Waals surface area contributed by atoms with Gasteiger partial charge in [0.15, 0.2) is 0 Å². The number of benzene rings is 2. The molecular formula is C22H25ClN4O4. The van der Waals surface area contributed by atoms with E-state index in [4.69, 9.17) is 11.6 Å². The Morgan fingerprint density at radius 3 is 2.32 bits per heavy atom. The molecule has 0 bridgehead atoms. The summed E-state index contributed by atoms with van der Waals surface area (Å²) in [5, 5.41) is 13.6. The van der Waals surface area contributed by atoms with Crippen LogP contribution in [0.3, 0.4) is 0 Å². The van der Waals surface area contributed by atoms with Crippen LogP contribution in [0.5, 0.6) is 0 Å². The van der Waals surface area contributed by atoms with Crippen molar-refractivity contribution >= 4 is 34.8 Å². The van der Waals surface area contributed by atoms with E-state index >= 15 is 0 Å². The van der Waals surface area contributed by atoms with Crippen LogP contribution in [0.25, 0.3) is 0 Å². The Balaban J connectivity index is 1.52. The smallest absolute Gasteiger partial charge is 0.271 e. The molecule has 2 amide bonds. The highest BCUT2D eigenvalue weighted by Crippen LogP contribution is 2.27. The van der Waals surface area contributed by atoms with Crippen LogP contribution in [-0.4, -0.2) is 59.3 Å². The molecule has 0 spiro atoms. The first kappa shape index (κ1) is 22.7. The molecule has 0 unspecified atom stereocenters. The molecule has 1 heterocycles. The van der Waals surface area contributed by atoms with E-state index in [1.165, 1.54) is 18.2 Å². The number of halogens is 1. The van der Waals surface area contributed by atoms with Gasteiger partial charge in [-0.2, -0.15) is 0 Å². The Bertz CT molecular complexity index is 973. The predicted molar refractivity (Wildman–Crippen MR) is 119 cm³/mol. The van der Waals surface area contributed by atoms with Crippen LogP contribution in [0.15, 0.2) is 48.5 Å². The molecule has 0 atom stereocenters. The normalized spacial score (nSPS) is 14.9. The first-order valence-electron chi connectivity index (χ1n) is 9.99. The van der Waals surface area contributed by atoms with Gasteiger partial charge in [-0.1, -0.05) is 41.9 Å². The second-order valence-corrected chi connectivity index (χ2v) is 8.44. The van der Waals surface area contributed by atoms with Crippen molar-refractivity contribution < 1.29 is 14.5 Å². The summed E-state index contributed by atoms with van der Waals surface area (Å²) < 4.78 is 0. The van der Waals surface area contributed by atoms with Crippen molar-refractivity contribution in [1.29, 1.82) is 0 Å². The van der Waals surface area contributed by atoms with Gasteiger partial charge in [0.2, 0.25) is 11.8 Å². The van der Waals surface area contributed by atoms with E-state index in [1.54, 1.807) is 0 Å². The van der Waals surface area contributed by atoms with Crippen LogP contribution in [0.2, 0.25) is 5.02 Å². The summed E-state index contributed by atoms with van der Waals surface area (Å²) in [6, 6.07) is 13.6. The predicted octanol–water partition coefficient (Wildman–Crippen LogP) is 3.31. The molecule has 2 aromatic rings. The summed E-state index contributed by atoms with van der Waals surface area (Å²) in [6.07, 6.45) is 0. The van der Waals surface area contributed by atoms with Gasteiger partial charge in [-0.3, -0.25) is 24.6 Å². The minimum atomic E-state index is -0.618. The van der Waals surface area contributed by atoms with Gasteiger partial charge in [-0.15, -0.1) is 0 Å². The molecule has 0 saturated carbocycles. The van der Waals surface area contributed by atoms with Crippen LogP contribution in [0, 0.1) is 10.1 Å². The second-order valence-electron chi connectivity index (χ2n) is 8.03. The average Bonchev–Trinajstić information content (AvgIpc) is 2.75. The molecule has 8 nitrogen and oxygen atoms in total. The SMILES string of the molecule is CC(C)(C(=O)N1CCN(CC(=O)Nc2ccc([N+](=O)[O-])cc2Cl)CC1)c1ccccc1. The standard InChI is InChI=1S/C22H25ClN4O4/c1-22(2,16-6-4-3-5-7-16)21(29)26-12-10-25(11-13-26)15-20(28)24-19-9-8-17(27(30)31)14-18(19)23/h3-9,14H,10-13,15H2,1-2H3,(H,24,28). The van der Waals surface area contributed by atoms with Gasteiger partial charge in [0.1, 0.15) is 0 Å². The number of carbonyl (C=O) groups is 2. The highest BCUT2D eigenvalue weighted by atomic mass is 35.5. The zero-order chi connectivity index (χ0) is 22.6. The van der Waals surface area contributed by atoms with E-state index in [0.29, 0.717) is 31.9 Å². The summed E-state index contributed by atoms with van der Waals surface area (Å²) in [5.74, 6) is -0.194. The van der Waals surface area contributed by atoms with Crippen LogP contribution < -0.4 is 5.32 Å². The quantitative estimate of drug-likeness (QED) is 0.544. The Morgan fingerprint density at radius 2 is 1.74 bits per heavy atom. The molecule has 1 fully saturated rings. The Labute approximate surface area is 185 Å². The highest BCUT2D eigenvalue weighted by molar-refractivity contribution is 6.34. The minimum absolute atomic E-state index is 0.0699. The molecular weight excluding hydrogens is 420 g/mol. The fraction of sp³-hybridized carbons (Fsp3) is 0.364. The van der Waals surface area contributed by atoms with Gasteiger partial charge < -0.3 is 10.2 Å². The number of nitro groups is 1. The summed E-state index contributed by atoms with van der Waals surface area (Å²) in [7, 11) is 0. The molecule has 1 N–H and O–H groups in total. The number of non-ortho nitro benzene ring substituents is 1. The number of nitrogens with one attached hydrogen (secondary N) is 1. The zero-order valence-electron chi connectivity index (χ0n) is 17.5. The highest BCUT2D eigenvalue weighted by Gasteiger charge is 2.35. The van der Waals surface area contributed by atoms with E-state index in [1.807, 2.05) is 54.0 Å². The summed E-state index contributed by atoms with van der Waals surface area (Å²) in [4.78, 5) is 39.5. The first-order valence-corrected chi connectivity index (χ1v) is 10.4. The van der Waals surface area contributed by atoms with Gasteiger partial charge in [-0.25, -0.2) is 0 Å². The number of hydrogen-bond acceptors (Lipinski definition) is 5. The Kier molecular flexibility index (Phi) is 6.92. The molecule has 164 valence electrons. The molecule has 9 heteroatoms. The Morgan fingerprint density at radius 1 is 1.10 bits per heavy atom. The maximum atomic E-state index is 13.1. The molecule has 31 heavy (non-hydrogen) atoms. The topological polar surface area (TPSA) is 95.8 Å². The number of hydrogen-bond donors (Lipinski definition) is 1. The van der Waals surface area contributed by atoms with E-state index in [2.05, 4.69) is 5.32 Å². The summed E-state index contributed by atoms with van der Waals surface area (Å²) >= 11 is 6.03. The lowest BCUT2D eigenvalue weighted by molar-refractivity contribution is -0.384.